The number of halogens is 2. The maximum Gasteiger partial charge on any atom is 0.341 e. The fraction of sp³-hybridized carbons (Fsp3) is 0.290. The van der Waals surface area contributed by atoms with E-state index in [-0.39, 0.29) is 41.8 Å². The van der Waals surface area contributed by atoms with Crippen LogP contribution in [0.2, 0.25) is 5.02 Å². The normalized spacial score (nSPS) is 19.3. The number of aryl methyl sites for hydroxylation is 1. The van der Waals surface area contributed by atoms with Crippen LogP contribution in [0, 0.1) is 12.7 Å². The van der Waals surface area contributed by atoms with Crippen molar-refractivity contribution in [2.24, 2.45) is 5.73 Å². The van der Waals surface area contributed by atoms with E-state index in [1.807, 2.05) is 11.8 Å². The molecule has 1 unspecified atom stereocenters. The molecule has 2 aliphatic heterocycles. The minimum Gasteiger partial charge on any atom is -0.448 e. The summed E-state index contributed by atoms with van der Waals surface area (Å²) >= 11 is 6.68. The standard InChI is InChI=1S/C31H31ClFN3O5S/c1-19-12-25(21-7-4-9-23(14-21)42(2,39)40)26(32)15-24(19)28-29(34)31(41-30(28)38)10-5-11-36(18-31)17-27(37)35-16-20-6-3-8-22(33)13-20/h3-4,6-9,12-15H,5,10-11,16-18,34H2,1-2H3,(H,35,37). The molecule has 8 nitrogen and oxygen atoms in total. The molecule has 0 bridgehead atoms. The molecular formula is C31H31ClFN3O5S. The Morgan fingerprint density at radius 2 is 1.90 bits per heavy atom. The Hall–Kier alpha value is -3.73. The Balaban J connectivity index is 1.36. The molecule has 0 aliphatic carbocycles. The van der Waals surface area contributed by atoms with Gasteiger partial charge in [-0.15, -0.1) is 0 Å². The van der Waals surface area contributed by atoms with Crippen LogP contribution in [0.15, 0.2) is 71.3 Å². The lowest BCUT2D eigenvalue weighted by atomic mass is 9.86. The summed E-state index contributed by atoms with van der Waals surface area (Å²) in [6.45, 7) is 2.98. The van der Waals surface area contributed by atoms with Crippen LogP contribution in [-0.4, -0.2) is 56.7 Å². The Labute approximate surface area is 249 Å². The summed E-state index contributed by atoms with van der Waals surface area (Å²) in [5.74, 6) is -1.16. The number of esters is 1. The summed E-state index contributed by atoms with van der Waals surface area (Å²) in [6.07, 6.45) is 2.32. The van der Waals surface area contributed by atoms with Gasteiger partial charge in [-0.1, -0.05) is 35.9 Å². The number of nitrogens with zero attached hydrogens (tertiary/aromatic N) is 1. The summed E-state index contributed by atoms with van der Waals surface area (Å²) in [4.78, 5) is 28.0. The maximum absolute atomic E-state index is 13.4. The van der Waals surface area contributed by atoms with E-state index < -0.39 is 21.4 Å². The van der Waals surface area contributed by atoms with Crippen LogP contribution < -0.4 is 11.1 Å². The lowest BCUT2D eigenvalue weighted by molar-refractivity contribution is -0.149. The van der Waals surface area contributed by atoms with Crippen LogP contribution in [0.25, 0.3) is 16.7 Å². The molecule has 3 aromatic carbocycles. The van der Waals surface area contributed by atoms with Gasteiger partial charge in [-0.25, -0.2) is 17.6 Å². The van der Waals surface area contributed by atoms with E-state index >= 15 is 0 Å². The van der Waals surface area contributed by atoms with Gasteiger partial charge in [0.25, 0.3) is 0 Å². The third-order valence-corrected chi connectivity index (χ3v) is 9.11. The molecule has 1 fully saturated rings. The van der Waals surface area contributed by atoms with Gasteiger partial charge in [0, 0.05) is 29.9 Å². The largest absolute Gasteiger partial charge is 0.448 e. The highest BCUT2D eigenvalue weighted by Crippen LogP contribution is 2.43. The van der Waals surface area contributed by atoms with Gasteiger partial charge < -0.3 is 15.8 Å². The highest BCUT2D eigenvalue weighted by atomic mass is 35.5. The third-order valence-electron chi connectivity index (χ3n) is 7.69. The molecule has 2 heterocycles. The molecule has 42 heavy (non-hydrogen) atoms. The lowest BCUT2D eigenvalue weighted by Gasteiger charge is -2.39. The molecule has 1 spiro atoms. The van der Waals surface area contributed by atoms with Crippen molar-refractivity contribution in [2.75, 3.05) is 25.9 Å². The average Bonchev–Trinajstić information content (AvgIpc) is 3.16. The van der Waals surface area contributed by atoms with Gasteiger partial charge in [0.1, 0.15) is 5.82 Å². The molecule has 0 aromatic heterocycles. The molecule has 220 valence electrons. The first-order valence-corrected chi connectivity index (χ1v) is 15.7. The van der Waals surface area contributed by atoms with Gasteiger partial charge in [0.05, 0.1) is 22.7 Å². The smallest absolute Gasteiger partial charge is 0.341 e. The predicted octanol–water partition coefficient (Wildman–Crippen LogP) is 4.24. The number of hydrogen-bond acceptors (Lipinski definition) is 7. The van der Waals surface area contributed by atoms with Crippen molar-refractivity contribution in [1.29, 1.82) is 0 Å². The number of rotatable bonds is 7. The highest BCUT2D eigenvalue weighted by Gasteiger charge is 2.49. The van der Waals surface area contributed by atoms with Crippen molar-refractivity contribution in [2.45, 2.75) is 36.8 Å². The minimum atomic E-state index is -3.41. The number of carbonyl (C=O) groups excluding carboxylic acids is 2. The fourth-order valence-corrected chi connectivity index (χ4v) is 6.53. The summed E-state index contributed by atoms with van der Waals surface area (Å²) in [6, 6.07) is 16.0. The summed E-state index contributed by atoms with van der Waals surface area (Å²) in [5.41, 5.74) is 9.27. The van der Waals surface area contributed by atoms with Gasteiger partial charge in [-0.05, 0) is 85.0 Å². The molecule has 5 rings (SSSR count). The molecular weight excluding hydrogens is 581 g/mol. The number of benzene rings is 3. The van der Waals surface area contributed by atoms with Crippen molar-refractivity contribution < 1.29 is 27.1 Å². The van der Waals surface area contributed by atoms with E-state index in [1.165, 1.54) is 18.2 Å². The SMILES string of the molecule is Cc1cc(-c2cccc(S(C)(=O)=O)c2)c(Cl)cc1C1=C(N)C2(CCCN(CC(=O)NCc3cccc(F)c3)C2)OC1=O. The van der Waals surface area contributed by atoms with E-state index in [0.29, 0.717) is 52.4 Å². The zero-order chi connectivity index (χ0) is 30.2. The first-order valence-electron chi connectivity index (χ1n) is 13.4. The summed E-state index contributed by atoms with van der Waals surface area (Å²) < 4.78 is 43.5. The zero-order valence-electron chi connectivity index (χ0n) is 23.2. The van der Waals surface area contributed by atoms with Crippen LogP contribution in [0.4, 0.5) is 4.39 Å². The minimum absolute atomic E-state index is 0.0727. The Morgan fingerprint density at radius 3 is 2.64 bits per heavy atom. The quantitative estimate of drug-likeness (QED) is 0.384. The number of ether oxygens (including phenoxy) is 1. The van der Waals surface area contributed by atoms with Crippen LogP contribution in [0.5, 0.6) is 0 Å². The predicted molar refractivity (Wildman–Crippen MR) is 159 cm³/mol. The number of sulfone groups is 1. The summed E-state index contributed by atoms with van der Waals surface area (Å²) in [7, 11) is -3.41. The summed E-state index contributed by atoms with van der Waals surface area (Å²) in [5, 5.41) is 3.13. The molecule has 0 saturated carbocycles. The number of carbonyl (C=O) groups is 2. The number of likely N-dealkylation sites (tertiary alicyclic amines) is 1. The maximum atomic E-state index is 13.4. The van der Waals surface area contributed by atoms with E-state index in [1.54, 1.807) is 42.5 Å². The monoisotopic (exact) mass is 611 g/mol. The van der Waals surface area contributed by atoms with E-state index in [2.05, 4.69) is 5.32 Å². The topological polar surface area (TPSA) is 119 Å². The molecule has 3 N–H and O–H groups in total. The van der Waals surface area contributed by atoms with Crippen LogP contribution in [0.1, 0.15) is 29.5 Å². The van der Waals surface area contributed by atoms with Gasteiger partial charge in [0.2, 0.25) is 5.91 Å². The second-order valence-electron chi connectivity index (χ2n) is 10.8. The van der Waals surface area contributed by atoms with Gasteiger partial charge >= 0.3 is 5.97 Å². The van der Waals surface area contributed by atoms with Crippen molar-refractivity contribution in [1.82, 2.24) is 10.2 Å². The van der Waals surface area contributed by atoms with Gasteiger partial charge in [-0.2, -0.15) is 0 Å². The molecule has 1 amide bonds. The van der Waals surface area contributed by atoms with Crippen LogP contribution in [0.3, 0.4) is 0 Å². The van der Waals surface area contributed by atoms with E-state index in [4.69, 9.17) is 22.1 Å². The number of piperidine rings is 1. The Bertz CT molecular complexity index is 1730. The second-order valence-corrected chi connectivity index (χ2v) is 13.3. The van der Waals surface area contributed by atoms with Gasteiger partial charge in [-0.3, -0.25) is 9.69 Å². The third kappa shape index (κ3) is 6.06. The lowest BCUT2D eigenvalue weighted by Crippen LogP contribution is -2.53. The molecule has 0 radical (unpaired) electrons. The van der Waals surface area contributed by atoms with Gasteiger partial charge in [0.15, 0.2) is 15.4 Å². The number of amides is 1. The molecule has 1 atom stereocenters. The molecule has 1 saturated heterocycles. The van der Waals surface area contributed by atoms with E-state index in [9.17, 15) is 22.4 Å². The number of nitrogens with one attached hydrogen (secondary N) is 1. The second kappa shape index (κ2) is 11.5. The molecule has 11 heteroatoms. The Morgan fingerprint density at radius 1 is 1.14 bits per heavy atom. The molecule has 3 aromatic rings. The van der Waals surface area contributed by atoms with E-state index in [0.717, 1.165) is 11.8 Å². The first kappa shape index (κ1) is 29.8. The average molecular weight is 612 g/mol. The fourth-order valence-electron chi connectivity index (χ4n) is 5.59. The molecule has 2 aliphatic rings. The Kier molecular flexibility index (Phi) is 8.15. The van der Waals surface area contributed by atoms with Crippen molar-refractivity contribution in [3.63, 3.8) is 0 Å². The number of hydrogen-bond donors (Lipinski definition) is 2. The van der Waals surface area contributed by atoms with Crippen molar-refractivity contribution in [3.8, 4) is 11.1 Å². The first-order chi connectivity index (χ1) is 19.9. The van der Waals surface area contributed by atoms with Crippen LogP contribution >= 0.6 is 11.6 Å². The number of nitrogens with two attached hydrogens (primary N) is 1. The van der Waals surface area contributed by atoms with Crippen LogP contribution in [-0.2, 0) is 30.7 Å². The van der Waals surface area contributed by atoms with Crippen molar-refractivity contribution >= 4 is 38.9 Å². The zero-order valence-corrected chi connectivity index (χ0v) is 24.8. The highest BCUT2D eigenvalue weighted by molar-refractivity contribution is 7.90. The van der Waals surface area contributed by atoms with Crippen molar-refractivity contribution in [3.05, 3.63) is 93.9 Å².